The number of fused-ring (bicyclic) bond motifs is 2. The van der Waals surface area contributed by atoms with Gasteiger partial charge in [-0.3, -0.25) is 13.7 Å². The third-order valence-corrected chi connectivity index (χ3v) is 13.0. The van der Waals surface area contributed by atoms with Gasteiger partial charge < -0.3 is 33.4 Å². The summed E-state index contributed by atoms with van der Waals surface area (Å²) in [5, 5.41) is 10.6. The van der Waals surface area contributed by atoms with Crippen molar-refractivity contribution in [1.29, 1.82) is 0 Å². The number of hydrogen-bond donors (Lipinski definition) is 4. The molecule has 0 aromatic heterocycles. The van der Waals surface area contributed by atoms with Crippen molar-refractivity contribution in [2.75, 3.05) is 96.0 Å². The highest BCUT2D eigenvalue weighted by Crippen LogP contribution is 2.51. The fourth-order valence-electron chi connectivity index (χ4n) is 7.35. The summed E-state index contributed by atoms with van der Waals surface area (Å²) in [6.45, 7) is 11.5. The Balaban J connectivity index is 1.74. The molecule has 1 aromatic carbocycles. The second-order valence-corrected chi connectivity index (χ2v) is 21.0. The highest BCUT2D eigenvalue weighted by Gasteiger charge is 2.43. The SMILES string of the molecule is COCCOCCOCCOCC[N+](CCCS(=O)(=O)O)=c1ccc2c(/C=C/C=C3\N(CCCS(=O)(=O)O)c4ccc(S(=O)(=O)O)cc4C3(C)CCCO)cc(C(C)(C)C)oc-2c1. The molecular formula is C43H63N2O15S3+. The molecule has 0 saturated heterocycles. The van der Waals surface area contributed by atoms with Crippen LogP contribution in [-0.4, -0.2) is 135 Å². The minimum absolute atomic E-state index is 0.0524. The normalized spacial score (nSPS) is 17.3. The van der Waals surface area contributed by atoms with E-state index in [2.05, 4.69) is 0 Å². The minimum Gasteiger partial charge on any atom is -0.460 e. The average molecular weight is 944 g/mol. The van der Waals surface area contributed by atoms with Crippen LogP contribution >= 0.6 is 0 Å². The summed E-state index contributed by atoms with van der Waals surface area (Å²) < 4.78 is 130. The Kier molecular flexibility index (Phi) is 19.1. The number of anilines is 1. The molecule has 0 spiro atoms. The van der Waals surface area contributed by atoms with Crippen molar-refractivity contribution in [3.8, 4) is 11.3 Å². The van der Waals surface area contributed by atoms with Gasteiger partial charge in [-0.25, -0.2) is 4.58 Å². The first-order valence-electron chi connectivity index (χ1n) is 20.8. The fourth-order valence-corrected chi connectivity index (χ4v) is 8.84. The molecule has 4 N–H and O–H groups in total. The Morgan fingerprint density at radius 1 is 0.794 bits per heavy atom. The van der Waals surface area contributed by atoms with E-state index in [1.54, 1.807) is 13.2 Å². The molecule has 0 bridgehead atoms. The van der Waals surface area contributed by atoms with Crippen molar-refractivity contribution in [2.24, 2.45) is 0 Å². The third-order valence-electron chi connectivity index (χ3n) is 10.6. The number of nitrogens with zero attached hydrogens (tertiary/aromatic N) is 2. The molecular weight excluding hydrogens is 881 g/mol. The molecule has 0 fully saturated rings. The van der Waals surface area contributed by atoms with Gasteiger partial charge in [-0.1, -0.05) is 32.9 Å². The fraction of sp³-hybridized carbons (Fsp3) is 0.558. The van der Waals surface area contributed by atoms with Crippen LogP contribution in [-0.2, 0) is 60.1 Å². The Labute approximate surface area is 371 Å². The first-order valence-corrected chi connectivity index (χ1v) is 25.4. The number of hydrogen-bond acceptors (Lipinski definition) is 13. The van der Waals surface area contributed by atoms with Gasteiger partial charge in [0, 0.05) is 60.5 Å². The maximum atomic E-state index is 12.2. The van der Waals surface area contributed by atoms with Gasteiger partial charge in [-0.05, 0) is 73.7 Å². The average Bonchev–Trinajstić information content (AvgIpc) is 3.42. The molecule has 63 heavy (non-hydrogen) atoms. The molecule has 352 valence electrons. The summed E-state index contributed by atoms with van der Waals surface area (Å²) in [6, 6.07) is 11.9. The maximum Gasteiger partial charge on any atom is 0.294 e. The summed E-state index contributed by atoms with van der Waals surface area (Å²) in [7, 11) is -11.4. The van der Waals surface area contributed by atoms with E-state index in [1.807, 2.05) is 79.7 Å². The quantitative estimate of drug-likeness (QED) is 0.0496. The summed E-state index contributed by atoms with van der Waals surface area (Å²) in [4.78, 5) is 1.57. The van der Waals surface area contributed by atoms with Gasteiger partial charge in [0.05, 0.1) is 62.1 Å². The predicted octanol–water partition coefficient (Wildman–Crippen LogP) is 4.40. The van der Waals surface area contributed by atoms with E-state index in [4.69, 9.17) is 23.4 Å². The van der Waals surface area contributed by atoms with E-state index in [0.29, 0.717) is 101 Å². The van der Waals surface area contributed by atoms with Crippen LogP contribution in [0.25, 0.3) is 17.4 Å². The van der Waals surface area contributed by atoms with Crippen molar-refractivity contribution < 1.29 is 67.4 Å². The largest absolute Gasteiger partial charge is 0.460 e. The minimum atomic E-state index is -4.57. The second kappa shape index (κ2) is 23.1. The first-order chi connectivity index (χ1) is 29.6. The van der Waals surface area contributed by atoms with Crippen molar-refractivity contribution >= 4 is 42.1 Å². The number of benzene rings is 2. The van der Waals surface area contributed by atoms with Gasteiger partial charge in [-0.15, -0.1) is 0 Å². The molecule has 0 saturated carbocycles. The van der Waals surface area contributed by atoms with Crippen LogP contribution in [0.5, 0.6) is 0 Å². The molecule has 2 aliphatic heterocycles. The van der Waals surface area contributed by atoms with Crippen LogP contribution in [0.4, 0.5) is 5.69 Å². The van der Waals surface area contributed by atoms with E-state index in [0.717, 1.165) is 16.5 Å². The van der Waals surface area contributed by atoms with Gasteiger partial charge in [0.2, 0.25) is 5.36 Å². The molecule has 1 aliphatic carbocycles. The number of rotatable bonds is 26. The Morgan fingerprint density at radius 2 is 1.43 bits per heavy atom. The lowest BCUT2D eigenvalue weighted by Crippen LogP contribution is -2.35. The summed E-state index contributed by atoms with van der Waals surface area (Å²) in [6.07, 6.45) is 6.55. The van der Waals surface area contributed by atoms with E-state index in [9.17, 15) is 44.0 Å². The van der Waals surface area contributed by atoms with Crippen LogP contribution in [0.1, 0.15) is 70.3 Å². The van der Waals surface area contributed by atoms with E-state index in [1.165, 1.54) is 12.1 Å². The molecule has 17 nitrogen and oxygen atoms in total. The van der Waals surface area contributed by atoms with Gasteiger partial charge in [0.1, 0.15) is 24.7 Å². The number of ether oxygens (including phenoxy) is 4. The zero-order valence-electron chi connectivity index (χ0n) is 36.7. The van der Waals surface area contributed by atoms with E-state index >= 15 is 0 Å². The van der Waals surface area contributed by atoms with Crippen LogP contribution in [0.3, 0.4) is 0 Å². The van der Waals surface area contributed by atoms with Crippen molar-refractivity contribution in [3.05, 3.63) is 82.6 Å². The number of methoxy groups -OCH3 is 1. The molecule has 0 amide bonds. The van der Waals surface area contributed by atoms with E-state index in [-0.39, 0.29) is 30.9 Å². The summed E-state index contributed by atoms with van der Waals surface area (Å²) in [5.74, 6) is 0.322. The van der Waals surface area contributed by atoms with Crippen LogP contribution in [0.15, 0.2) is 69.6 Å². The predicted molar refractivity (Wildman–Crippen MR) is 240 cm³/mol. The summed E-state index contributed by atoms with van der Waals surface area (Å²) >= 11 is 0. The van der Waals surface area contributed by atoms with Gasteiger partial charge in [0.25, 0.3) is 30.4 Å². The Bertz CT molecular complexity index is 2420. The molecule has 1 atom stereocenters. The standard InChI is InChI=1S/C43H62N2O15S3/c1-42(2,3)41-30-33(10-6-11-40-43(4,16-7-20-46)37-32-35(63(53,54)55)13-15-38(37)45(40)18-9-29-62(50,51)52)36-14-12-34(31-39(36)60-41)44(17-8-28-61(47,48)49)19-21-57-24-25-59-27-26-58-23-22-56-5/h6,10-15,30-32,46H,7-9,16-29H2,1-5H3,(H2-,47,48,49,50,51,52,53,54,55)/p+1. The zero-order chi connectivity index (χ0) is 46.5. The Morgan fingerprint density at radius 3 is 2.03 bits per heavy atom. The molecule has 2 heterocycles. The molecule has 0 radical (unpaired) electrons. The molecule has 1 unspecified atom stereocenters. The van der Waals surface area contributed by atoms with Crippen molar-refractivity contribution in [3.63, 3.8) is 0 Å². The first kappa shape index (κ1) is 52.1. The van der Waals surface area contributed by atoms with Crippen LogP contribution in [0, 0.1) is 0 Å². The zero-order valence-corrected chi connectivity index (χ0v) is 39.1. The number of aliphatic hydroxyl groups is 1. The lowest BCUT2D eigenvalue weighted by Gasteiger charge is -2.30. The maximum absolute atomic E-state index is 12.2. The summed E-state index contributed by atoms with van der Waals surface area (Å²) in [5.41, 5.74) is 2.13. The highest BCUT2D eigenvalue weighted by atomic mass is 32.2. The molecule has 1 aromatic rings. The van der Waals surface area contributed by atoms with Gasteiger partial charge >= 0.3 is 0 Å². The smallest absolute Gasteiger partial charge is 0.294 e. The van der Waals surface area contributed by atoms with Gasteiger partial charge in [0.15, 0.2) is 6.54 Å². The monoisotopic (exact) mass is 943 g/mol. The molecule has 3 aliphatic rings. The van der Waals surface area contributed by atoms with Crippen molar-refractivity contribution in [2.45, 2.75) is 69.1 Å². The number of allylic oxidation sites excluding steroid dienone is 3. The number of aliphatic hydroxyl groups excluding tert-OH is 1. The second-order valence-electron chi connectivity index (χ2n) is 16.5. The van der Waals surface area contributed by atoms with Gasteiger partial charge in [-0.2, -0.15) is 25.3 Å². The third kappa shape index (κ3) is 15.8. The van der Waals surface area contributed by atoms with Crippen LogP contribution < -0.4 is 14.8 Å². The van der Waals surface area contributed by atoms with Crippen molar-refractivity contribution in [1.82, 2.24) is 4.58 Å². The Hall–Kier alpha value is -3.54. The van der Waals surface area contributed by atoms with E-state index < -0.39 is 52.7 Å². The lowest BCUT2D eigenvalue weighted by molar-refractivity contribution is 0.00371. The molecule has 4 rings (SSSR count). The highest BCUT2D eigenvalue weighted by molar-refractivity contribution is 7.86. The lowest BCUT2D eigenvalue weighted by atomic mass is 9.77. The van der Waals surface area contributed by atoms with Crippen LogP contribution in [0.2, 0.25) is 0 Å². The topological polar surface area (TPSA) is 240 Å². The molecule has 20 heteroatoms.